The average Bonchev–Trinajstić information content (AvgIpc) is 2.55. The molecule has 2 N–H and O–H groups in total. The predicted octanol–water partition coefficient (Wildman–Crippen LogP) is 0.860. The van der Waals surface area contributed by atoms with Crippen molar-refractivity contribution in [2.45, 2.75) is 0 Å². The van der Waals surface area contributed by atoms with Crippen molar-refractivity contribution in [3.8, 4) is 18.2 Å². The van der Waals surface area contributed by atoms with E-state index in [0.29, 0.717) is 24.5 Å². The minimum absolute atomic E-state index is 0.0332. The lowest BCUT2D eigenvalue weighted by atomic mass is 10.2. The molecule has 0 spiro atoms. The molecule has 7 heteroatoms. The van der Waals surface area contributed by atoms with Crippen molar-refractivity contribution in [3.05, 3.63) is 35.5 Å². The smallest absolute Gasteiger partial charge is 0.240 e. The molecule has 1 aromatic rings. The van der Waals surface area contributed by atoms with Crippen LogP contribution in [-0.4, -0.2) is 25.5 Å². The summed E-state index contributed by atoms with van der Waals surface area (Å²) < 4.78 is 0. The molecule has 0 bridgehead atoms. The molecular formula is C15H12N6O. The van der Waals surface area contributed by atoms with E-state index < -0.39 is 0 Å². The maximum absolute atomic E-state index is 11.9. The fraction of sp³-hybridized carbons (Fsp3) is 0.200. The standard InChI is InChI=1S/C15H12N6O/c16-7-11(8-17)14(9-18)20-12-2-1-3-13(6-12)21-5-4-19-10-15(21)22/h1-3,6,19-20H,4-5,10H2. The molecule has 108 valence electrons. The van der Waals surface area contributed by atoms with Crippen LogP contribution < -0.4 is 15.5 Å². The lowest BCUT2D eigenvalue weighted by Gasteiger charge is -2.27. The van der Waals surface area contributed by atoms with Crippen LogP contribution in [-0.2, 0) is 4.79 Å². The van der Waals surface area contributed by atoms with Crippen LogP contribution in [0.25, 0.3) is 0 Å². The number of benzene rings is 1. The molecule has 0 unspecified atom stereocenters. The molecule has 7 nitrogen and oxygen atoms in total. The first kappa shape index (κ1) is 15.1. The van der Waals surface area contributed by atoms with Gasteiger partial charge in [0.05, 0.1) is 6.54 Å². The SMILES string of the molecule is N#CC(C#N)=C(C#N)Nc1cccc(N2CCNCC2=O)c1. The number of allylic oxidation sites excluding steroid dienone is 2. The topological polar surface area (TPSA) is 116 Å². The molecule has 0 atom stereocenters. The molecule has 1 amide bonds. The lowest BCUT2D eigenvalue weighted by molar-refractivity contribution is -0.118. The Morgan fingerprint density at radius 2 is 2.00 bits per heavy atom. The summed E-state index contributed by atoms with van der Waals surface area (Å²) in [5, 5.41) is 32.4. The number of nitrogens with one attached hydrogen (secondary N) is 2. The third-order valence-corrected chi connectivity index (χ3v) is 3.10. The number of nitrogens with zero attached hydrogens (tertiary/aromatic N) is 4. The largest absolute Gasteiger partial charge is 0.345 e. The van der Waals surface area contributed by atoms with E-state index in [0.717, 1.165) is 0 Å². The Kier molecular flexibility index (Phi) is 4.72. The molecule has 0 radical (unpaired) electrons. The van der Waals surface area contributed by atoms with Crippen LogP contribution >= 0.6 is 0 Å². The van der Waals surface area contributed by atoms with Crippen LogP contribution in [0, 0.1) is 34.0 Å². The fourth-order valence-electron chi connectivity index (χ4n) is 2.06. The summed E-state index contributed by atoms with van der Waals surface area (Å²) in [6.07, 6.45) is 0. The van der Waals surface area contributed by atoms with Crippen LogP contribution in [0.5, 0.6) is 0 Å². The van der Waals surface area contributed by atoms with E-state index in [1.807, 2.05) is 0 Å². The number of piperazine rings is 1. The number of amides is 1. The summed E-state index contributed by atoms with van der Waals surface area (Å²) in [6, 6.07) is 12.1. The van der Waals surface area contributed by atoms with Gasteiger partial charge in [-0.15, -0.1) is 0 Å². The molecule has 1 aliphatic rings. The van der Waals surface area contributed by atoms with Gasteiger partial charge in [0.2, 0.25) is 5.91 Å². The maximum atomic E-state index is 11.9. The Bertz CT molecular complexity index is 731. The highest BCUT2D eigenvalue weighted by Crippen LogP contribution is 2.21. The van der Waals surface area contributed by atoms with E-state index >= 15 is 0 Å². The Balaban J connectivity index is 2.28. The second kappa shape index (κ2) is 6.90. The molecule has 1 aromatic carbocycles. The molecule has 1 heterocycles. The van der Waals surface area contributed by atoms with Crippen molar-refractivity contribution in [1.29, 1.82) is 15.8 Å². The van der Waals surface area contributed by atoms with Crippen molar-refractivity contribution in [1.82, 2.24) is 5.32 Å². The summed E-state index contributed by atoms with van der Waals surface area (Å²) in [5.41, 5.74) is 0.826. The lowest BCUT2D eigenvalue weighted by Crippen LogP contribution is -2.48. The zero-order chi connectivity index (χ0) is 15.9. The number of hydrogen-bond acceptors (Lipinski definition) is 6. The molecule has 22 heavy (non-hydrogen) atoms. The highest BCUT2D eigenvalue weighted by atomic mass is 16.2. The third kappa shape index (κ3) is 3.21. The average molecular weight is 292 g/mol. The number of hydrogen-bond donors (Lipinski definition) is 2. The minimum Gasteiger partial charge on any atom is -0.345 e. The predicted molar refractivity (Wildman–Crippen MR) is 79.2 cm³/mol. The van der Waals surface area contributed by atoms with E-state index in [2.05, 4.69) is 10.6 Å². The second-order valence-corrected chi connectivity index (χ2v) is 4.48. The van der Waals surface area contributed by atoms with Crippen LogP contribution in [0.3, 0.4) is 0 Å². The number of anilines is 2. The van der Waals surface area contributed by atoms with Crippen molar-refractivity contribution in [2.75, 3.05) is 29.9 Å². The van der Waals surface area contributed by atoms with Crippen LogP contribution in [0.1, 0.15) is 0 Å². The number of rotatable bonds is 3. The van der Waals surface area contributed by atoms with Crippen molar-refractivity contribution in [3.63, 3.8) is 0 Å². The Morgan fingerprint density at radius 1 is 1.23 bits per heavy atom. The monoisotopic (exact) mass is 292 g/mol. The molecule has 0 aliphatic carbocycles. The zero-order valence-corrected chi connectivity index (χ0v) is 11.6. The van der Waals surface area contributed by atoms with E-state index in [4.69, 9.17) is 15.8 Å². The van der Waals surface area contributed by atoms with Gasteiger partial charge in [-0.3, -0.25) is 4.79 Å². The Labute approximate surface area is 127 Å². The van der Waals surface area contributed by atoms with Gasteiger partial charge in [0.25, 0.3) is 0 Å². The minimum atomic E-state index is -0.286. The van der Waals surface area contributed by atoms with Crippen molar-refractivity contribution < 1.29 is 4.79 Å². The highest BCUT2D eigenvalue weighted by Gasteiger charge is 2.19. The summed E-state index contributed by atoms with van der Waals surface area (Å²) in [6.45, 7) is 1.55. The molecule has 0 saturated carbocycles. The Hall–Kier alpha value is -3.34. The van der Waals surface area contributed by atoms with Crippen LogP contribution in [0.4, 0.5) is 11.4 Å². The van der Waals surface area contributed by atoms with E-state index in [9.17, 15) is 4.79 Å². The first-order valence-corrected chi connectivity index (χ1v) is 6.52. The van der Waals surface area contributed by atoms with Crippen molar-refractivity contribution >= 4 is 17.3 Å². The Morgan fingerprint density at radius 3 is 2.64 bits per heavy atom. The van der Waals surface area contributed by atoms with Gasteiger partial charge >= 0.3 is 0 Å². The molecular weight excluding hydrogens is 280 g/mol. The zero-order valence-electron chi connectivity index (χ0n) is 11.6. The first-order valence-electron chi connectivity index (χ1n) is 6.52. The van der Waals surface area contributed by atoms with E-state index in [-0.39, 0.29) is 23.7 Å². The van der Waals surface area contributed by atoms with Gasteiger partial charge in [-0.25, -0.2) is 0 Å². The van der Waals surface area contributed by atoms with Gasteiger partial charge in [-0.05, 0) is 18.2 Å². The van der Waals surface area contributed by atoms with Gasteiger partial charge < -0.3 is 15.5 Å². The highest BCUT2D eigenvalue weighted by molar-refractivity contribution is 5.96. The summed E-state index contributed by atoms with van der Waals surface area (Å²) >= 11 is 0. The second-order valence-electron chi connectivity index (χ2n) is 4.48. The summed E-state index contributed by atoms with van der Waals surface area (Å²) in [4.78, 5) is 13.5. The maximum Gasteiger partial charge on any atom is 0.240 e. The fourth-order valence-corrected chi connectivity index (χ4v) is 2.06. The summed E-state index contributed by atoms with van der Waals surface area (Å²) in [7, 11) is 0. The summed E-state index contributed by atoms with van der Waals surface area (Å²) in [5.74, 6) is -0.0332. The third-order valence-electron chi connectivity index (χ3n) is 3.10. The van der Waals surface area contributed by atoms with E-state index in [1.54, 1.807) is 47.4 Å². The number of nitriles is 3. The molecule has 2 rings (SSSR count). The molecule has 1 fully saturated rings. The van der Waals surface area contributed by atoms with Gasteiger partial charge in [0, 0.05) is 24.5 Å². The van der Waals surface area contributed by atoms with E-state index in [1.165, 1.54) is 0 Å². The molecule has 1 aliphatic heterocycles. The molecule has 1 saturated heterocycles. The van der Waals surface area contributed by atoms with Gasteiger partial charge in [-0.1, -0.05) is 6.07 Å². The normalized spacial score (nSPS) is 13.5. The van der Waals surface area contributed by atoms with Crippen LogP contribution in [0.2, 0.25) is 0 Å². The van der Waals surface area contributed by atoms with Gasteiger partial charge in [-0.2, -0.15) is 15.8 Å². The van der Waals surface area contributed by atoms with Gasteiger partial charge in [0.15, 0.2) is 5.57 Å². The van der Waals surface area contributed by atoms with Gasteiger partial charge in [0.1, 0.15) is 23.9 Å². The number of carbonyl (C=O) groups is 1. The van der Waals surface area contributed by atoms with Crippen molar-refractivity contribution in [2.24, 2.45) is 0 Å². The molecule has 0 aromatic heterocycles. The quantitative estimate of drug-likeness (QED) is 0.798. The number of carbonyl (C=O) groups excluding carboxylic acids is 1. The van der Waals surface area contributed by atoms with Crippen LogP contribution in [0.15, 0.2) is 35.5 Å². The first-order chi connectivity index (χ1) is 10.7.